The van der Waals surface area contributed by atoms with Crippen molar-refractivity contribution >= 4 is 17.9 Å². The zero-order chi connectivity index (χ0) is 12.0. The molecule has 86 valence electrons. The first kappa shape index (κ1) is 12.2. The number of amides is 1. The molecule has 0 aliphatic carbocycles. The first-order chi connectivity index (χ1) is 7.67. The predicted octanol–water partition coefficient (Wildman–Crippen LogP) is 1.79. The lowest BCUT2D eigenvalue weighted by atomic mass is 10.2. The van der Waals surface area contributed by atoms with Gasteiger partial charge in [0.15, 0.2) is 0 Å². The number of primary amides is 1. The van der Waals surface area contributed by atoms with Gasteiger partial charge in [-0.2, -0.15) is 0 Å². The zero-order valence-corrected chi connectivity index (χ0v) is 9.68. The maximum Gasteiger partial charge on any atom is 0.248 e. The molecule has 0 saturated carbocycles. The van der Waals surface area contributed by atoms with Crippen molar-refractivity contribution < 1.29 is 4.79 Å². The Hall–Kier alpha value is -1.84. The molecule has 1 aromatic rings. The molecule has 4 nitrogen and oxygen atoms in total. The quantitative estimate of drug-likeness (QED) is 0.606. The molecule has 0 heterocycles. The molecule has 0 unspecified atom stereocenters. The fraction of sp³-hybridized carbons (Fsp3) is 0.333. The molecule has 0 aromatic heterocycles. The third-order valence-electron chi connectivity index (χ3n) is 2.33. The lowest BCUT2D eigenvalue weighted by Gasteiger charge is -2.13. The van der Waals surface area contributed by atoms with Gasteiger partial charge in [-0.1, -0.05) is 0 Å². The predicted molar refractivity (Wildman–Crippen MR) is 66.0 cm³/mol. The number of carbonyl (C=O) groups is 1. The maximum atomic E-state index is 10.8. The van der Waals surface area contributed by atoms with Crippen molar-refractivity contribution in [2.45, 2.75) is 13.8 Å². The lowest BCUT2D eigenvalue weighted by molar-refractivity contribution is 0.100. The van der Waals surface area contributed by atoms with Crippen LogP contribution in [0.1, 0.15) is 24.2 Å². The second-order valence-corrected chi connectivity index (χ2v) is 3.38. The molecule has 0 fully saturated rings. The molecule has 2 N–H and O–H groups in total. The molecule has 1 amide bonds. The van der Waals surface area contributed by atoms with E-state index in [9.17, 15) is 4.79 Å². The Labute approximate surface area is 95.8 Å². The highest BCUT2D eigenvalue weighted by Crippen LogP contribution is 2.12. The second kappa shape index (κ2) is 5.90. The first-order valence-corrected chi connectivity index (χ1v) is 5.35. The molecule has 1 rings (SSSR count). The summed E-state index contributed by atoms with van der Waals surface area (Å²) in [5.74, 6) is -0.417. The summed E-state index contributed by atoms with van der Waals surface area (Å²) in [6.07, 6.45) is 1.80. The van der Waals surface area contributed by atoms with Crippen LogP contribution in [-0.2, 0) is 0 Å². The van der Waals surface area contributed by atoms with Gasteiger partial charge in [-0.3, -0.25) is 4.79 Å². The zero-order valence-electron chi connectivity index (χ0n) is 9.68. The van der Waals surface area contributed by atoms with E-state index in [1.807, 2.05) is 0 Å². The number of carbonyl (C=O) groups excluding carboxylic acids is 1. The summed E-state index contributed by atoms with van der Waals surface area (Å²) in [5.41, 5.74) is 6.46. The molecule has 0 saturated heterocycles. The van der Waals surface area contributed by atoms with E-state index in [1.165, 1.54) is 0 Å². The Morgan fingerprint density at radius 1 is 1.31 bits per heavy atom. The lowest BCUT2D eigenvalue weighted by Crippen LogP contribution is -2.20. The molecule has 4 heteroatoms. The van der Waals surface area contributed by atoms with Crippen molar-refractivity contribution in [3.8, 4) is 0 Å². The first-order valence-electron chi connectivity index (χ1n) is 5.35. The van der Waals surface area contributed by atoms with Gasteiger partial charge in [-0.05, 0) is 38.1 Å². The van der Waals surface area contributed by atoms with Crippen molar-refractivity contribution in [2.75, 3.05) is 13.1 Å². The molecule has 0 spiro atoms. The molecule has 0 aliphatic heterocycles. The highest BCUT2D eigenvalue weighted by Gasteiger charge is 1.98. The fourth-order valence-corrected chi connectivity index (χ4v) is 1.25. The van der Waals surface area contributed by atoms with E-state index in [4.69, 9.17) is 5.73 Å². The molecule has 0 aliphatic rings. The summed E-state index contributed by atoms with van der Waals surface area (Å²) in [6.45, 7) is 6.01. The maximum absolute atomic E-state index is 10.8. The van der Waals surface area contributed by atoms with Gasteiger partial charge < -0.3 is 10.6 Å². The minimum atomic E-state index is -0.417. The minimum Gasteiger partial charge on any atom is -0.366 e. The van der Waals surface area contributed by atoms with Crippen molar-refractivity contribution in [3.05, 3.63) is 29.8 Å². The van der Waals surface area contributed by atoms with E-state index < -0.39 is 5.91 Å². The van der Waals surface area contributed by atoms with Crippen LogP contribution in [0.2, 0.25) is 0 Å². The van der Waals surface area contributed by atoms with Crippen molar-refractivity contribution in [2.24, 2.45) is 10.7 Å². The summed E-state index contributed by atoms with van der Waals surface area (Å²) in [6, 6.07) is 6.91. The third-order valence-corrected chi connectivity index (χ3v) is 2.33. The summed E-state index contributed by atoms with van der Waals surface area (Å²) in [4.78, 5) is 17.2. The fourth-order valence-electron chi connectivity index (χ4n) is 1.25. The SMILES string of the molecule is CCN(C=Nc1ccc(C(N)=O)cc1)CC. The average Bonchev–Trinajstić information content (AvgIpc) is 2.31. The van der Waals surface area contributed by atoms with Crippen molar-refractivity contribution in [3.63, 3.8) is 0 Å². The molecular formula is C12H17N3O. The number of nitrogens with two attached hydrogens (primary N) is 1. The van der Waals surface area contributed by atoms with Gasteiger partial charge in [-0.25, -0.2) is 4.99 Å². The van der Waals surface area contributed by atoms with E-state index in [0.29, 0.717) is 5.56 Å². The number of hydrogen-bond acceptors (Lipinski definition) is 2. The van der Waals surface area contributed by atoms with Gasteiger partial charge in [0.25, 0.3) is 0 Å². The molecule has 0 radical (unpaired) electrons. The van der Waals surface area contributed by atoms with Crippen LogP contribution in [0.3, 0.4) is 0 Å². The normalized spacial score (nSPS) is 10.6. The van der Waals surface area contributed by atoms with Gasteiger partial charge in [-0.15, -0.1) is 0 Å². The third kappa shape index (κ3) is 3.38. The number of benzene rings is 1. The number of hydrogen-bond donors (Lipinski definition) is 1. The van der Waals surface area contributed by atoms with Gasteiger partial charge in [0.1, 0.15) is 0 Å². The second-order valence-electron chi connectivity index (χ2n) is 3.38. The van der Waals surface area contributed by atoms with Gasteiger partial charge in [0.2, 0.25) is 5.91 Å². The van der Waals surface area contributed by atoms with E-state index >= 15 is 0 Å². The van der Waals surface area contributed by atoms with Crippen LogP contribution in [0, 0.1) is 0 Å². The van der Waals surface area contributed by atoms with Crippen LogP contribution in [0.4, 0.5) is 5.69 Å². The van der Waals surface area contributed by atoms with E-state index in [0.717, 1.165) is 18.8 Å². The van der Waals surface area contributed by atoms with Gasteiger partial charge >= 0.3 is 0 Å². The van der Waals surface area contributed by atoms with Crippen LogP contribution in [-0.4, -0.2) is 30.2 Å². The Morgan fingerprint density at radius 3 is 2.31 bits per heavy atom. The van der Waals surface area contributed by atoms with E-state index in [-0.39, 0.29) is 0 Å². The monoisotopic (exact) mass is 219 g/mol. The Balaban J connectivity index is 2.71. The molecule has 0 bridgehead atoms. The van der Waals surface area contributed by atoms with Crippen LogP contribution in [0.5, 0.6) is 0 Å². The summed E-state index contributed by atoms with van der Waals surface area (Å²) < 4.78 is 0. The number of rotatable bonds is 5. The van der Waals surface area contributed by atoms with Crippen LogP contribution >= 0.6 is 0 Å². The van der Waals surface area contributed by atoms with Crippen LogP contribution < -0.4 is 5.73 Å². The molecular weight excluding hydrogens is 202 g/mol. The summed E-state index contributed by atoms with van der Waals surface area (Å²) >= 11 is 0. The minimum absolute atomic E-state index is 0.417. The highest BCUT2D eigenvalue weighted by atomic mass is 16.1. The standard InChI is InChI=1S/C12H17N3O/c1-3-15(4-2)9-14-11-7-5-10(6-8-11)12(13)16/h5-9H,3-4H2,1-2H3,(H2,13,16). The Morgan fingerprint density at radius 2 is 1.88 bits per heavy atom. The largest absolute Gasteiger partial charge is 0.366 e. The van der Waals surface area contributed by atoms with Crippen molar-refractivity contribution in [1.29, 1.82) is 0 Å². The van der Waals surface area contributed by atoms with Gasteiger partial charge in [0, 0.05) is 18.7 Å². The van der Waals surface area contributed by atoms with Crippen LogP contribution in [0.15, 0.2) is 29.3 Å². The van der Waals surface area contributed by atoms with E-state index in [1.54, 1.807) is 30.6 Å². The topological polar surface area (TPSA) is 58.7 Å². The van der Waals surface area contributed by atoms with Crippen LogP contribution in [0.25, 0.3) is 0 Å². The molecule has 16 heavy (non-hydrogen) atoms. The number of aliphatic imine (C=N–C) groups is 1. The van der Waals surface area contributed by atoms with Crippen molar-refractivity contribution in [1.82, 2.24) is 4.90 Å². The summed E-state index contributed by atoms with van der Waals surface area (Å²) in [7, 11) is 0. The summed E-state index contributed by atoms with van der Waals surface area (Å²) in [5, 5.41) is 0. The number of nitrogens with zero attached hydrogens (tertiary/aromatic N) is 2. The van der Waals surface area contributed by atoms with Gasteiger partial charge in [0.05, 0.1) is 12.0 Å². The molecule has 1 aromatic carbocycles. The average molecular weight is 219 g/mol. The Kier molecular flexibility index (Phi) is 4.51. The Bertz CT molecular complexity index is 366. The smallest absolute Gasteiger partial charge is 0.248 e. The molecule has 0 atom stereocenters. The van der Waals surface area contributed by atoms with E-state index in [2.05, 4.69) is 23.7 Å². The highest BCUT2D eigenvalue weighted by molar-refractivity contribution is 5.93.